The van der Waals surface area contributed by atoms with Crippen molar-refractivity contribution in [3.8, 4) is 0 Å². The Labute approximate surface area is 148 Å². The van der Waals surface area contributed by atoms with Gasteiger partial charge in [0.25, 0.3) is 0 Å². The first-order valence-corrected chi connectivity index (χ1v) is 8.60. The Morgan fingerprint density at radius 3 is 2.56 bits per heavy atom. The summed E-state index contributed by atoms with van der Waals surface area (Å²) in [6, 6.07) is 0.0455. The van der Waals surface area contributed by atoms with Crippen LogP contribution in [0.2, 0.25) is 5.28 Å². The Hall–Kier alpha value is -2.20. The summed E-state index contributed by atoms with van der Waals surface area (Å²) < 4.78 is 7.14. The molecule has 4 heterocycles. The molecular formula is C14H18ClN7O3. The monoisotopic (exact) mass is 367 g/mol. The van der Waals surface area contributed by atoms with Crippen LogP contribution >= 0.6 is 11.6 Å². The van der Waals surface area contributed by atoms with Gasteiger partial charge in [-0.25, -0.2) is 9.48 Å². The normalized spacial score (nSPS) is 19.6. The van der Waals surface area contributed by atoms with Gasteiger partial charge in [-0.2, -0.15) is 9.97 Å². The number of carboxylic acid groups (broad SMARTS) is 1. The average Bonchev–Trinajstić information content (AvgIpc) is 3.05. The molecule has 0 radical (unpaired) electrons. The van der Waals surface area contributed by atoms with Gasteiger partial charge in [0, 0.05) is 26.2 Å². The number of fused-ring (bicyclic) bond motifs is 1. The SMILES string of the molecule is O=C(O)N1CCC(n2nnc3c(N4CCOCC4)nc(Cl)nc32)CC1. The number of rotatable bonds is 2. The van der Waals surface area contributed by atoms with Crippen molar-refractivity contribution in [3.63, 3.8) is 0 Å². The summed E-state index contributed by atoms with van der Waals surface area (Å²) in [5.41, 5.74) is 1.21. The number of hydrogen-bond acceptors (Lipinski definition) is 7. The summed E-state index contributed by atoms with van der Waals surface area (Å²) in [7, 11) is 0. The van der Waals surface area contributed by atoms with E-state index in [0.29, 0.717) is 69.2 Å². The number of carbonyl (C=O) groups is 1. The van der Waals surface area contributed by atoms with Crippen LogP contribution in [-0.2, 0) is 4.74 Å². The van der Waals surface area contributed by atoms with Crippen LogP contribution in [0.4, 0.5) is 10.6 Å². The van der Waals surface area contributed by atoms with E-state index in [1.54, 1.807) is 4.68 Å². The second-order valence-electron chi connectivity index (χ2n) is 6.12. The molecule has 2 aliphatic heterocycles. The van der Waals surface area contributed by atoms with Crippen molar-refractivity contribution >= 4 is 34.7 Å². The van der Waals surface area contributed by atoms with E-state index in [9.17, 15) is 4.79 Å². The molecule has 25 heavy (non-hydrogen) atoms. The second-order valence-corrected chi connectivity index (χ2v) is 6.46. The van der Waals surface area contributed by atoms with Crippen molar-refractivity contribution in [2.75, 3.05) is 44.3 Å². The molecule has 2 saturated heterocycles. The molecule has 4 rings (SSSR count). The fourth-order valence-electron chi connectivity index (χ4n) is 3.33. The molecule has 134 valence electrons. The van der Waals surface area contributed by atoms with Crippen molar-refractivity contribution in [1.82, 2.24) is 29.9 Å². The van der Waals surface area contributed by atoms with Crippen molar-refractivity contribution in [1.29, 1.82) is 0 Å². The second kappa shape index (κ2) is 6.60. The smallest absolute Gasteiger partial charge is 0.407 e. The van der Waals surface area contributed by atoms with Gasteiger partial charge in [0.15, 0.2) is 17.0 Å². The van der Waals surface area contributed by atoms with Gasteiger partial charge in [-0.3, -0.25) is 0 Å². The van der Waals surface area contributed by atoms with Crippen LogP contribution in [0.25, 0.3) is 11.2 Å². The average molecular weight is 368 g/mol. The maximum absolute atomic E-state index is 11.1. The molecule has 0 unspecified atom stereocenters. The number of likely N-dealkylation sites (tertiary alicyclic amines) is 1. The number of amides is 1. The lowest BCUT2D eigenvalue weighted by molar-refractivity contribution is 0.122. The van der Waals surface area contributed by atoms with E-state index in [1.807, 2.05) is 0 Å². The van der Waals surface area contributed by atoms with Gasteiger partial charge >= 0.3 is 6.09 Å². The molecule has 0 aliphatic carbocycles. The third-order valence-corrected chi connectivity index (χ3v) is 4.84. The number of piperidine rings is 1. The Morgan fingerprint density at radius 2 is 1.88 bits per heavy atom. The highest BCUT2D eigenvalue weighted by molar-refractivity contribution is 6.28. The van der Waals surface area contributed by atoms with Gasteiger partial charge in [0.05, 0.1) is 19.3 Å². The predicted octanol–water partition coefficient (Wildman–Crippen LogP) is 1.03. The molecule has 0 saturated carbocycles. The van der Waals surface area contributed by atoms with Crippen LogP contribution in [0.3, 0.4) is 0 Å². The van der Waals surface area contributed by atoms with E-state index in [4.69, 9.17) is 21.4 Å². The van der Waals surface area contributed by atoms with E-state index in [2.05, 4.69) is 25.2 Å². The highest BCUT2D eigenvalue weighted by Crippen LogP contribution is 2.29. The van der Waals surface area contributed by atoms with Crippen molar-refractivity contribution in [2.24, 2.45) is 0 Å². The maximum Gasteiger partial charge on any atom is 0.407 e. The van der Waals surface area contributed by atoms with Gasteiger partial charge in [0.1, 0.15) is 0 Å². The predicted molar refractivity (Wildman–Crippen MR) is 89.0 cm³/mol. The van der Waals surface area contributed by atoms with Gasteiger partial charge in [-0.15, -0.1) is 5.10 Å². The Kier molecular flexibility index (Phi) is 4.30. The number of anilines is 1. The first-order chi connectivity index (χ1) is 12.1. The zero-order valence-corrected chi connectivity index (χ0v) is 14.3. The minimum absolute atomic E-state index is 0.0455. The summed E-state index contributed by atoms with van der Waals surface area (Å²) in [6.45, 7) is 3.63. The summed E-state index contributed by atoms with van der Waals surface area (Å²) >= 11 is 6.14. The molecule has 10 nitrogen and oxygen atoms in total. The van der Waals surface area contributed by atoms with Gasteiger partial charge in [-0.1, -0.05) is 5.21 Å². The van der Waals surface area contributed by atoms with E-state index in [-0.39, 0.29) is 11.3 Å². The van der Waals surface area contributed by atoms with E-state index in [0.717, 1.165) is 0 Å². The topological polar surface area (TPSA) is 110 Å². The Morgan fingerprint density at radius 1 is 1.16 bits per heavy atom. The number of aromatic nitrogens is 5. The van der Waals surface area contributed by atoms with Crippen molar-refractivity contribution in [2.45, 2.75) is 18.9 Å². The Balaban J connectivity index is 1.65. The van der Waals surface area contributed by atoms with Crippen LogP contribution in [-0.4, -0.2) is 80.5 Å². The van der Waals surface area contributed by atoms with E-state index < -0.39 is 6.09 Å². The van der Waals surface area contributed by atoms with E-state index in [1.165, 1.54) is 4.90 Å². The van der Waals surface area contributed by atoms with Crippen LogP contribution in [0.5, 0.6) is 0 Å². The van der Waals surface area contributed by atoms with Gasteiger partial charge < -0.3 is 19.6 Å². The molecule has 2 aliphatic rings. The molecule has 11 heteroatoms. The molecule has 1 N–H and O–H groups in total. The first-order valence-electron chi connectivity index (χ1n) is 8.22. The molecular weight excluding hydrogens is 350 g/mol. The third kappa shape index (κ3) is 3.07. The molecule has 0 aromatic carbocycles. The zero-order valence-electron chi connectivity index (χ0n) is 13.5. The number of morpholine rings is 1. The lowest BCUT2D eigenvalue weighted by Crippen LogP contribution is -2.38. The van der Waals surface area contributed by atoms with Crippen molar-refractivity contribution < 1.29 is 14.6 Å². The maximum atomic E-state index is 11.1. The number of ether oxygens (including phenoxy) is 1. The zero-order chi connectivity index (χ0) is 17.4. The fraction of sp³-hybridized carbons (Fsp3) is 0.643. The molecule has 0 spiro atoms. The fourth-order valence-corrected chi connectivity index (χ4v) is 3.49. The van der Waals surface area contributed by atoms with Crippen LogP contribution in [0, 0.1) is 0 Å². The lowest BCUT2D eigenvalue weighted by Gasteiger charge is -2.30. The molecule has 2 aromatic rings. The minimum Gasteiger partial charge on any atom is -0.465 e. The standard InChI is InChI=1S/C14H18ClN7O3/c15-13-16-11(20-5-7-25-8-6-20)10-12(17-13)22(19-18-10)9-1-3-21(4-2-9)14(23)24/h9H,1-8H2,(H,23,24). The number of nitrogens with zero attached hydrogens (tertiary/aromatic N) is 7. The molecule has 2 fully saturated rings. The summed E-state index contributed by atoms with van der Waals surface area (Å²) in [5.74, 6) is 0.674. The molecule has 2 aromatic heterocycles. The van der Waals surface area contributed by atoms with Gasteiger partial charge in [0.2, 0.25) is 5.28 Å². The van der Waals surface area contributed by atoms with Gasteiger partial charge in [-0.05, 0) is 24.4 Å². The van der Waals surface area contributed by atoms with Crippen LogP contribution in [0.1, 0.15) is 18.9 Å². The number of hydrogen-bond donors (Lipinski definition) is 1. The third-order valence-electron chi connectivity index (χ3n) is 4.67. The largest absolute Gasteiger partial charge is 0.465 e. The molecule has 0 atom stereocenters. The Bertz CT molecular complexity index is 784. The van der Waals surface area contributed by atoms with Crippen LogP contribution < -0.4 is 4.90 Å². The summed E-state index contributed by atoms with van der Waals surface area (Å²) in [6.07, 6.45) is 0.445. The van der Waals surface area contributed by atoms with Crippen LogP contribution in [0.15, 0.2) is 0 Å². The molecule has 0 bridgehead atoms. The summed E-state index contributed by atoms with van der Waals surface area (Å²) in [4.78, 5) is 23.2. The number of halogens is 1. The lowest BCUT2D eigenvalue weighted by atomic mass is 10.1. The quantitative estimate of drug-likeness (QED) is 0.783. The minimum atomic E-state index is -0.887. The highest BCUT2D eigenvalue weighted by Gasteiger charge is 2.28. The van der Waals surface area contributed by atoms with E-state index >= 15 is 0 Å². The summed E-state index contributed by atoms with van der Waals surface area (Å²) in [5, 5.41) is 17.8. The van der Waals surface area contributed by atoms with Crippen molar-refractivity contribution in [3.05, 3.63) is 5.28 Å². The highest BCUT2D eigenvalue weighted by atomic mass is 35.5. The first kappa shape index (κ1) is 16.3. The molecule has 1 amide bonds.